The molecule has 0 aromatic rings. The SMILES string of the molecule is CC/C=C\C/C=C\C/C=C\C/C=C\C/C=C\C/C=C\CCC(=O)OCC(COC(=O)CCCCCCC/C=C\CCCCC)OC(=O)CCC/C=C\C/C=C\C/C=C\CCCCCCCC. The fraction of sp³-hybridized carbons (Fsp3) is 0.617. The van der Waals surface area contributed by atoms with E-state index < -0.39 is 6.10 Å². The molecule has 0 radical (unpaired) electrons. The first-order valence-corrected chi connectivity index (χ1v) is 26.5. The molecule has 0 saturated carbocycles. The standard InChI is InChI=1S/C60H96O6/c1-4-7-10-13-16-19-22-25-27-29-30-32-33-35-38-41-44-47-50-53-59(62)65-56-57(55-64-58(61)52-49-46-43-40-37-24-21-18-15-12-9-6-3)66-60(63)54-51-48-45-42-39-36-34-31-28-26-23-20-17-14-11-8-5-2/h7,10,16,18-19,21,25-28,30,32,34-36,38,42,44-45,47,57H,4-6,8-9,11-15,17,20,22-24,29,31,33,37,39-41,43,46,48-56H2,1-3H3/b10-7-,19-16-,21-18-,27-25-,28-26-,32-30-,36-34-,38-35-,45-42-,47-44-. The third kappa shape index (κ3) is 50.8. The summed E-state index contributed by atoms with van der Waals surface area (Å²) in [5.74, 6) is -1.09. The highest BCUT2D eigenvalue weighted by Crippen LogP contribution is 2.12. The van der Waals surface area contributed by atoms with Gasteiger partial charge in [-0.25, -0.2) is 0 Å². The Morgan fingerprint density at radius 2 is 0.636 bits per heavy atom. The summed E-state index contributed by atoms with van der Waals surface area (Å²) in [4.78, 5) is 38.0. The molecule has 0 rings (SSSR count). The summed E-state index contributed by atoms with van der Waals surface area (Å²) in [5, 5.41) is 0. The largest absolute Gasteiger partial charge is 0.462 e. The van der Waals surface area contributed by atoms with Crippen LogP contribution in [0.1, 0.15) is 220 Å². The number of carbonyl (C=O) groups excluding carboxylic acids is 3. The molecule has 0 aliphatic carbocycles. The zero-order valence-electron chi connectivity index (χ0n) is 42.4. The van der Waals surface area contributed by atoms with Gasteiger partial charge in [-0.1, -0.05) is 206 Å². The first kappa shape index (κ1) is 61.8. The van der Waals surface area contributed by atoms with Crippen molar-refractivity contribution >= 4 is 17.9 Å². The highest BCUT2D eigenvalue weighted by Gasteiger charge is 2.19. The number of hydrogen-bond donors (Lipinski definition) is 0. The molecule has 0 bridgehead atoms. The van der Waals surface area contributed by atoms with Gasteiger partial charge in [-0.2, -0.15) is 0 Å². The van der Waals surface area contributed by atoms with Crippen LogP contribution in [0.3, 0.4) is 0 Å². The Kier molecular flexibility index (Phi) is 50.0. The summed E-state index contributed by atoms with van der Waals surface area (Å²) in [6, 6.07) is 0. The second kappa shape index (κ2) is 53.4. The van der Waals surface area contributed by atoms with E-state index in [-0.39, 0.29) is 44.0 Å². The van der Waals surface area contributed by atoms with E-state index in [9.17, 15) is 14.4 Å². The fourth-order valence-corrected chi connectivity index (χ4v) is 6.71. The number of unbranched alkanes of at least 4 members (excludes halogenated alkanes) is 15. The van der Waals surface area contributed by atoms with Gasteiger partial charge >= 0.3 is 17.9 Å². The van der Waals surface area contributed by atoms with Crippen molar-refractivity contribution in [2.45, 2.75) is 226 Å². The van der Waals surface area contributed by atoms with Gasteiger partial charge < -0.3 is 14.2 Å². The van der Waals surface area contributed by atoms with Crippen molar-refractivity contribution in [3.63, 3.8) is 0 Å². The molecule has 0 aromatic carbocycles. The van der Waals surface area contributed by atoms with E-state index in [4.69, 9.17) is 14.2 Å². The van der Waals surface area contributed by atoms with Crippen molar-refractivity contribution in [2.24, 2.45) is 0 Å². The lowest BCUT2D eigenvalue weighted by atomic mass is 10.1. The lowest BCUT2D eigenvalue weighted by Gasteiger charge is -2.18. The number of rotatable bonds is 46. The number of esters is 3. The monoisotopic (exact) mass is 913 g/mol. The number of allylic oxidation sites excluding steroid dienone is 20. The predicted molar refractivity (Wildman–Crippen MR) is 283 cm³/mol. The van der Waals surface area contributed by atoms with Crippen LogP contribution in [-0.2, 0) is 28.6 Å². The van der Waals surface area contributed by atoms with E-state index in [0.29, 0.717) is 19.3 Å². The lowest BCUT2D eigenvalue weighted by molar-refractivity contribution is -0.166. The summed E-state index contributed by atoms with van der Waals surface area (Å²) < 4.78 is 16.7. The van der Waals surface area contributed by atoms with Gasteiger partial charge in [-0.15, -0.1) is 0 Å². The fourth-order valence-electron chi connectivity index (χ4n) is 6.71. The minimum absolute atomic E-state index is 0.129. The summed E-state index contributed by atoms with van der Waals surface area (Å²) in [6.45, 7) is 6.36. The molecule has 0 saturated heterocycles. The topological polar surface area (TPSA) is 78.9 Å². The van der Waals surface area contributed by atoms with Crippen molar-refractivity contribution < 1.29 is 28.6 Å². The third-order valence-corrected chi connectivity index (χ3v) is 10.7. The minimum atomic E-state index is -0.841. The van der Waals surface area contributed by atoms with Crippen LogP contribution in [-0.4, -0.2) is 37.2 Å². The average Bonchev–Trinajstić information content (AvgIpc) is 3.31. The molecule has 0 fully saturated rings. The van der Waals surface area contributed by atoms with Crippen molar-refractivity contribution in [3.05, 3.63) is 122 Å². The highest BCUT2D eigenvalue weighted by atomic mass is 16.6. The van der Waals surface area contributed by atoms with E-state index in [2.05, 4.69) is 130 Å². The number of hydrogen-bond acceptors (Lipinski definition) is 6. The zero-order valence-corrected chi connectivity index (χ0v) is 42.4. The summed E-state index contributed by atoms with van der Waals surface area (Å²) in [7, 11) is 0. The number of carbonyl (C=O) groups is 3. The summed E-state index contributed by atoms with van der Waals surface area (Å²) in [5.41, 5.74) is 0. The Labute approximate surface area is 405 Å². The van der Waals surface area contributed by atoms with Gasteiger partial charge in [0.05, 0.1) is 0 Å². The maximum atomic E-state index is 12.8. The molecule has 1 atom stereocenters. The Morgan fingerprint density at radius 3 is 1.11 bits per heavy atom. The molecule has 0 aromatic heterocycles. The molecule has 0 amide bonds. The van der Waals surface area contributed by atoms with Gasteiger partial charge in [0.2, 0.25) is 0 Å². The number of ether oxygens (including phenoxy) is 3. The molecule has 0 N–H and O–H groups in total. The van der Waals surface area contributed by atoms with Crippen LogP contribution in [0.25, 0.3) is 0 Å². The van der Waals surface area contributed by atoms with Crippen LogP contribution in [0.15, 0.2) is 122 Å². The van der Waals surface area contributed by atoms with Gasteiger partial charge in [-0.3, -0.25) is 14.4 Å². The first-order chi connectivity index (χ1) is 32.5. The van der Waals surface area contributed by atoms with Gasteiger partial charge in [0, 0.05) is 19.3 Å². The van der Waals surface area contributed by atoms with Gasteiger partial charge in [0.1, 0.15) is 13.2 Å². The zero-order chi connectivity index (χ0) is 47.9. The van der Waals surface area contributed by atoms with Gasteiger partial charge in [0.25, 0.3) is 0 Å². The molecule has 372 valence electrons. The maximum absolute atomic E-state index is 12.8. The molecule has 0 aliphatic heterocycles. The molecule has 0 spiro atoms. The smallest absolute Gasteiger partial charge is 0.306 e. The molecular weight excluding hydrogens is 817 g/mol. The van der Waals surface area contributed by atoms with Crippen LogP contribution in [0.5, 0.6) is 0 Å². The van der Waals surface area contributed by atoms with E-state index in [1.54, 1.807) is 0 Å². The van der Waals surface area contributed by atoms with Crippen LogP contribution in [0.2, 0.25) is 0 Å². The Bertz CT molecular complexity index is 1420. The summed E-state index contributed by atoms with van der Waals surface area (Å²) in [6.07, 6.45) is 73.4. The van der Waals surface area contributed by atoms with Crippen LogP contribution >= 0.6 is 0 Å². The molecule has 6 nitrogen and oxygen atoms in total. The maximum Gasteiger partial charge on any atom is 0.306 e. The predicted octanol–water partition coefficient (Wildman–Crippen LogP) is 17.7. The minimum Gasteiger partial charge on any atom is -0.462 e. The summed E-state index contributed by atoms with van der Waals surface area (Å²) >= 11 is 0. The molecule has 6 heteroatoms. The molecule has 0 heterocycles. The third-order valence-electron chi connectivity index (χ3n) is 10.7. The highest BCUT2D eigenvalue weighted by molar-refractivity contribution is 5.71. The first-order valence-electron chi connectivity index (χ1n) is 26.5. The van der Waals surface area contributed by atoms with E-state index in [1.807, 2.05) is 12.2 Å². The molecule has 66 heavy (non-hydrogen) atoms. The molecule has 1 unspecified atom stereocenters. The van der Waals surface area contributed by atoms with E-state index in [1.165, 1.54) is 77.0 Å². The van der Waals surface area contributed by atoms with E-state index >= 15 is 0 Å². The second-order valence-electron chi connectivity index (χ2n) is 17.0. The van der Waals surface area contributed by atoms with Crippen LogP contribution < -0.4 is 0 Å². The van der Waals surface area contributed by atoms with Gasteiger partial charge in [0.15, 0.2) is 6.10 Å². The lowest BCUT2D eigenvalue weighted by Crippen LogP contribution is -2.30. The molecule has 0 aliphatic rings. The van der Waals surface area contributed by atoms with Crippen molar-refractivity contribution in [1.82, 2.24) is 0 Å². The van der Waals surface area contributed by atoms with Crippen LogP contribution in [0.4, 0.5) is 0 Å². The van der Waals surface area contributed by atoms with Crippen molar-refractivity contribution in [2.75, 3.05) is 13.2 Å². The van der Waals surface area contributed by atoms with Gasteiger partial charge in [-0.05, 0) is 116 Å². The Hall–Kier alpha value is -4.19. The average molecular weight is 913 g/mol. The Morgan fingerprint density at radius 1 is 0.318 bits per heavy atom. The van der Waals surface area contributed by atoms with Crippen LogP contribution in [0, 0.1) is 0 Å². The van der Waals surface area contributed by atoms with Crippen molar-refractivity contribution in [1.29, 1.82) is 0 Å². The van der Waals surface area contributed by atoms with Crippen molar-refractivity contribution in [3.8, 4) is 0 Å². The van der Waals surface area contributed by atoms with E-state index in [0.717, 1.165) is 89.9 Å². The Balaban J connectivity index is 4.60. The normalized spacial score (nSPS) is 13.1. The quantitative estimate of drug-likeness (QED) is 0.0262. The second-order valence-corrected chi connectivity index (χ2v) is 17.0. The molecular formula is C60H96O6.